The lowest BCUT2D eigenvalue weighted by Crippen LogP contribution is -2.33. The molecule has 3 aromatic rings. The number of amides is 2. The lowest BCUT2D eigenvalue weighted by Gasteiger charge is -2.20. The third-order valence-electron chi connectivity index (χ3n) is 5.33. The second-order valence-corrected chi connectivity index (χ2v) is 7.48. The van der Waals surface area contributed by atoms with Crippen LogP contribution in [0.15, 0.2) is 78.9 Å². The van der Waals surface area contributed by atoms with Gasteiger partial charge in [-0.2, -0.15) is 0 Å². The molecule has 3 aromatic carbocycles. The predicted octanol–water partition coefficient (Wildman–Crippen LogP) is 4.58. The minimum atomic E-state index is -0.653. The highest BCUT2D eigenvalue weighted by molar-refractivity contribution is 6.13. The summed E-state index contributed by atoms with van der Waals surface area (Å²) in [7, 11) is 0. The van der Waals surface area contributed by atoms with Crippen LogP contribution >= 0.6 is 0 Å². The largest absolute Gasteiger partial charge is 0.325 e. The van der Waals surface area contributed by atoms with Crippen molar-refractivity contribution in [3.05, 3.63) is 95.6 Å². The van der Waals surface area contributed by atoms with Crippen molar-refractivity contribution in [2.45, 2.75) is 19.8 Å². The van der Waals surface area contributed by atoms with Crippen molar-refractivity contribution in [1.82, 2.24) is 0 Å². The van der Waals surface area contributed by atoms with E-state index >= 15 is 0 Å². The number of carbonyl (C=O) groups excluding carboxylic acids is 2. The Morgan fingerprint density at radius 1 is 1.00 bits per heavy atom. The highest BCUT2D eigenvalue weighted by Crippen LogP contribution is 2.30. The van der Waals surface area contributed by atoms with Crippen LogP contribution in [0.3, 0.4) is 0 Å². The van der Waals surface area contributed by atoms with Gasteiger partial charge in [0.25, 0.3) is 0 Å². The van der Waals surface area contributed by atoms with E-state index in [-0.39, 0.29) is 11.8 Å². The Labute approximate surface area is 171 Å². The molecule has 1 atom stereocenters. The van der Waals surface area contributed by atoms with Gasteiger partial charge in [0.2, 0.25) is 11.8 Å². The molecule has 0 radical (unpaired) electrons. The van der Waals surface area contributed by atoms with Gasteiger partial charge in [0.15, 0.2) is 0 Å². The lowest BCUT2D eigenvalue weighted by atomic mass is 10.0. The zero-order valence-corrected chi connectivity index (χ0v) is 16.5. The number of benzene rings is 3. The number of nitrogens with one attached hydrogen (secondary N) is 1. The third kappa shape index (κ3) is 4.21. The van der Waals surface area contributed by atoms with E-state index < -0.39 is 5.92 Å². The first kappa shape index (κ1) is 18.9. The summed E-state index contributed by atoms with van der Waals surface area (Å²) in [6, 6.07) is 25.8. The van der Waals surface area contributed by atoms with E-state index in [1.807, 2.05) is 67.6 Å². The highest BCUT2D eigenvalue weighted by Gasteiger charge is 2.38. The molecule has 0 spiro atoms. The Balaban J connectivity index is 1.51. The van der Waals surface area contributed by atoms with Gasteiger partial charge in [-0.15, -0.1) is 0 Å². The summed E-state index contributed by atoms with van der Waals surface area (Å²) in [6.45, 7) is 2.53. The maximum Gasteiger partial charge on any atom is 0.239 e. The predicted molar refractivity (Wildman–Crippen MR) is 116 cm³/mol. The van der Waals surface area contributed by atoms with E-state index in [2.05, 4.69) is 23.5 Å². The Morgan fingerprint density at radius 3 is 2.55 bits per heavy atom. The first-order valence-corrected chi connectivity index (χ1v) is 9.92. The molecule has 2 amide bonds. The van der Waals surface area contributed by atoms with E-state index in [4.69, 9.17) is 0 Å². The highest BCUT2D eigenvalue weighted by atomic mass is 16.2. The van der Waals surface area contributed by atoms with Crippen LogP contribution in [0.4, 0.5) is 11.4 Å². The fourth-order valence-electron chi connectivity index (χ4n) is 3.85. The standard InChI is InChI=1S/C25H24N2O2/c1-18-8-7-12-21(16-18)26-24(28)22-14-15-27(25(22)29)23-13-6-5-11-20(23)17-19-9-3-2-4-10-19/h2-13,16,22H,14-15,17H2,1H3,(H,26,28)/t22-/m1/s1. The summed E-state index contributed by atoms with van der Waals surface area (Å²) in [4.78, 5) is 27.6. The zero-order chi connectivity index (χ0) is 20.2. The Hall–Kier alpha value is -3.40. The summed E-state index contributed by atoms with van der Waals surface area (Å²) in [5, 5.41) is 2.90. The molecule has 0 bridgehead atoms. The van der Waals surface area contributed by atoms with Gasteiger partial charge in [-0.05, 0) is 54.7 Å². The van der Waals surface area contributed by atoms with E-state index in [9.17, 15) is 9.59 Å². The second kappa shape index (κ2) is 8.31. The van der Waals surface area contributed by atoms with Gasteiger partial charge in [0.05, 0.1) is 0 Å². The number of nitrogens with zero attached hydrogens (tertiary/aromatic N) is 1. The van der Waals surface area contributed by atoms with Crippen LogP contribution in [0, 0.1) is 12.8 Å². The zero-order valence-electron chi connectivity index (χ0n) is 16.5. The molecule has 4 nitrogen and oxygen atoms in total. The van der Waals surface area contributed by atoms with Crippen LogP contribution in [-0.4, -0.2) is 18.4 Å². The number of carbonyl (C=O) groups is 2. The summed E-state index contributed by atoms with van der Waals surface area (Å²) in [5.74, 6) is -1.01. The topological polar surface area (TPSA) is 49.4 Å². The van der Waals surface area contributed by atoms with Crippen LogP contribution in [0.2, 0.25) is 0 Å². The maximum absolute atomic E-state index is 13.1. The number of aryl methyl sites for hydroxylation is 1. The lowest BCUT2D eigenvalue weighted by molar-refractivity contribution is -0.129. The quantitative estimate of drug-likeness (QED) is 0.655. The number of para-hydroxylation sites is 1. The van der Waals surface area contributed by atoms with E-state index in [1.54, 1.807) is 4.90 Å². The van der Waals surface area contributed by atoms with Gasteiger partial charge in [0.1, 0.15) is 5.92 Å². The normalized spacial score (nSPS) is 16.1. The van der Waals surface area contributed by atoms with E-state index in [0.717, 1.165) is 28.9 Å². The fourth-order valence-corrected chi connectivity index (χ4v) is 3.85. The molecule has 1 aliphatic rings. The molecule has 1 aliphatic heterocycles. The van der Waals surface area contributed by atoms with Crippen LogP contribution in [0.5, 0.6) is 0 Å². The molecule has 146 valence electrons. The summed E-state index contributed by atoms with van der Waals surface area (Å²) >= 11 is 0. The average molecular weight is 384 g/mol. The Morgan fingerprint density at radius 2 is 1.76 bits per heavy atom. The fraction of sp³-hybridized carbons (Fsp3) is 0.200. The Kier molecular flexibility index (Phi) is 5.43. The number of hydrogen-bond acceptors (Lipinski definition) is 2. The van der Waals surface area contributed by atoms with Gasteiger partial charge in [-0.25, -0.2) is 0 Å². The van der Waals surface area contributed by atoms with Crippen molar-refractivity contribution in [3.8, 4) is 0 Å². The van der Waals surface area contributed by atoms with E-state index in [1.165, 1.54) is 5.56 Å². The molecule has 1 fully saturated rings. The second-order valence-electron chi connectivity index (χ2n) is 7.48. The smallest absolute Gasteiger partial charge is 0.239 e. The third-order valence-corrected chi connectivity index (χ3v) is 5.33. The SMILES string of the molecule is Cc1cccc(NC(=O)[C@H]2CCN(c3ccccc3Cc3ccccc3)C2=O)c1. The molecular weight excluding hydrogens is 360 g/mol. The molecule has 29 heavy (non-hydrogen) atoms. The molecular formula is C25H24N2O2. The first-order chi connectivity index (χ1) is 14.1. The number of anilines is 2. The molecule has 4 heteroatoms. The molecule has 1 heterocycles. The summed E-state index contributed by atoms with van der Waals surface area (Å²) in [6.07, 6.45) is 1.27. The van der Waals surface area contributed by atoms with Crippen molar-refractivity contribution in [1.29, 1.82) is 0 Å². The molecule has 1 N–H and O–H groups in total. The van der Waals surface area contributed by atoms with Crippen LogP contribution in [0.1, 0.15) is 23.1 Å². The molecule has 4 rings (SSSR count). The van der Waals surface area contributed by atoms with Crippen molar-refractivity contribution >= 4 is 23.2 Å². The molecule has 0 saturated carbocycles. The van der Waals surface area contributed by atoms with Crippen LogP contribution < -0.4 is 10.2 Å². The summed E-state index contributed by atoms with van der Waals surface area (Å²) in [5.41, 5.74) is 4.97. The van der Waals surface area contributed by atoms with Crippen molar-refractivity contribution in [2.75, 3.05) is 16.8 Å². The maximum atomic E-state index is 13.1. The van der Waals surface area contributed by atoms with Crippen molar-refractivity contribution in [2.24, 2.45) is 5.92 Å². The molecule has 0 aliphatic carbocycles. The van der Waals surface area contributed by atoms with Crippen molar-refractivity contribution < 1.29 is 9.59 Å². The van der Waals surface area contributed by atoms with Crippen molar-refractivity contribution in [3.63, 3.8) is 0 Å². The average Bonchev–Trinajstić information content (AvgIpc) is 3.10. The van der Waals surface area contributed by atoms with Gasteiger partial charge < -0.3 is 10.2 Å². The van der Waals surface area contributed by atoms with Gasteiger partial charge in [0, 0.05) is 17.9 Å². The van der Waals surface area contributed by atoms with Crippen LogP contribution in [-0.2, 0) is 16.0 Å². The number of hydrogen-bond donors (Lipinski definition) is 1. The monoisotopic (exact) mass is 384 g/mol. The van der Waals surface area contributed by atoms with Gasteiger partial charge >= 0.3 is 0 Å². The molecule has 0 unspecified atom stereocenters. The van der Waals surface area contributed by atoms with Gasteiger partial charge in [-0.3, -0.25) is 9.59 Å². The number of rotatable bonds is 5. The Bertz CT molecular complexity index is 1030. The first-order valence-electron chi connectivity index (χ1n) is 9.92. The minimum Gasteiger partial charge on any atom is -0.325 e. The minimum absolute atomic E-state index is 0.129. The molecule has 0 aromatic heterocycles. The molecule has 1 saturated heterocycles. The van der Waals surface area contributed by atoms with Crippen LogP contribution in [0.25, 0.3) is 0 Å². The van der Waals surface area contributed by atoms with E-state index in [0.29, 0.717) is 13.0 Å². The van der Waals surface area contributed by atoms with Gasteiger partial charge in [-0.1, -0.05) is 60.7 Å². The summed E-state index contributed by atoms with van der Waals surface area (Å²) < 4.78 is 0.